The number of piperidine rings is 1. The number of fused-ring (bicyclic) bond motifs is 1. The summed E-state index contributed by atoms with van der Waals surface area (Å²) >= 11 is 0. The van der Waals surface area contributed by atoms with E-state index in [1.165, 1.54) is 5.39 Å². The quantitative estimate of drug-likeness (QED) is 0.473. The normalized spacial score (nSPS) is 14.9. The first-order valence-corrected chi connectivity index (χ1v) is 10.6. The summed E-state index contributed by atoms with van der Waals surface area (Å²) in [5.41, 5.74) is 1.93. The number of aromatic nitrogens is 2. The van der Waals surface area contributed by atoms with E-state index in [9.17, 15) is 4.79 Å². The first-order chi connectivity index (χ1) is 14.8. The third-order valence-electron chi connectivity index (χ3n) is 6.10. The van der Waals surface area contributed by atoms with Crippen LogP contribution < -0.4 is 0 Å². The van der Waals surface area contributed by atoms with E-state index >= 15 is 0 Å². The molecule has 1 aromatic heterocycles. The SMILES string of the molecule is O=C(c1ccc2ccccc2c1)N1CCC(Cn2ccnc2-c2ccccc2)CC1. The molecular formula is C26H25N3O. The van der Waals surface area contributed by atoms with Crippen molar-refractivity contribution in [2.45, 2.75) is 19.4 Å². The molecule has 0 spiro atoms. The molecule has 5 rings (SSSR count). The molecule has 0 radical (unpaired) electrons. The Balaban J connectivity index is 1.23. The fourth-order valence-corrected chi connectivity index (χ4v) is 4.41. The number of carbonyl (C=O) groups is 1. The van der Waals surface area contributed by atoms with Crippen LogP contribution in [0.4, 0.5) is 0 Å². The van der Waals surface area contributed by atoms with Gasteiger partial charge in [0, 0.05) is 43.2 Å². The summed E-state index contributed by atoms with van der Waals surface area (Å²) in [4.78, 5) is 19.6. The van der Waals surface area contributed by atoms with Gasteiger partial charge in [-0.05, 0) is 41.7 Å². The summed E-state index contributed by atoms with van der Waals surface area (Å²) in [5, 5.41) is 2.29. The van der Waals surface area contributed by atoms with Crippen molar-refractivity contribution >= 4 is 16.7 Å². The number of hydrogen-bond donors (Lipinski definition) is 0. The minimum atomic E-state index is 0.145. The van der Waals surface area contributed by atoms with Gasteiger partial charge in [0.25, 0.3) is 5.91 Å². The molecule has 0 aliphatic carbocycles. The van der Waals surface area contributed by atoms with Crippen LogP contribution in [0.15, 0.2) is 85.2 Å². The highest BCUT2D eigenvalue weighted by atomic mass is 16.2. The number of carbonyl (C=O) groups excluding carboxylic acids is 1. The Labute approximate surface area is 176 Å². The topological polar surface area (TPSA) is 38.1 Å². The fourth-order valence-electron chi connectivity index (χ4n) is 4.41. The Hall–Kier alpha value is -3.40. The van der Waals surface area contributed by atoms with Crippen molar-refractivity contribution < 1.29 is 4.79 Å². The molecule has 1 aliphatic heterocycles. The van der Waals surface area contributed by atoms with Crippen molar-refractivity contribution in [2.75, 3.05) is 13.1 Å². The summed E-state index contributed by atoms with van der Waals surface area (Å²) in [6.45, 7) is 2.57. The molecule has 0 saturated carbocycles. The Kier molecular flexibility index (Phi) is 5.06. The molecule has 150 valence electrons. The Morgan fingerprint density at radius 2 is 1.63 bits per heavy atom. The minimum Gasteiger partial charge on any atom is -0.339 e. The highest BCUT2D eigenvalue weighted by Gasteiger charge is 2.24. The highest BCUT2D eigenvalue weighted by Crippen LogP contribution is 2.25. The van der Waals surface area contributed by atoms with Gasteiger partial charge in [-0.2, -0.15) is 0 Å². The van der Waals surface area contributed by atoms with Gasteiger partial charge in [-0.1, -0.05) is 60.7 Å². The van der Waals surface area contributed by atoms with Gasteiger partial charge in [0.2, 0.25) is 0 Å². The Bertz CT molecular complexity index is 1160. The fraction of sp³-hybridized carbons (Fsp3) is 0.231. The number of rotatable bonds is 4. The third-order valence-corrected chi connectivity index (χ3v) is 6.10. The lowest BCUT2D eigenvalue weighted by molar-refractivity contribution is 0.0683. The van der Waals surface area contributed by atoms with E-state index in [-0.39, 0.29) is 5.91 Å². The summed E-state index contributed by atoms with van der Waals surface area (Å²) < 4.78 is 2.25. The van der Waals surface area contributed by atoms with Crippen LogP contribution in [0, 0.1) is 5.92 Å². The number of nitrogens with zero attached hydrogens (tertiary/aromatic N) is 3. The van der Waals surface area contributed by atoms with E-state index in [1.807, 2.05) is 59.6 Å². The molecule has 0 atom stereocenters. The monoisotopic (exact) mass is 395 g/mol. The van der Waals surface area contributed by atoms with E-state index in [1.54, 1.807) is 0 Å². The highest BCUT2D eigenvalue weighted by molar-refractivity contribution is 5.98. The lowest BCUT2D eigenvalue weighted by atomic mass is 9.95. The zero-order valence-corrected chi connectivity index (χ0v) is 16.9. The maximum absolute atomic E-state index is 13.0. The second kappa shape index (κ2) is 8.15. The maximum Gasteiger partial charge on any atom is 0.253 e. The predicted octanol–water partition coefficient (Wildman–Crippen LogP) is 5.26. The van der Waals surface area contributed by atoms with E-state index in [2.05, 4.69) is 40.0 Å². The number of amides is 1. The van der Waals surface area contributed by atoms with Gasteiger partial charge < -0.3 is 9.47 Å². The molecule has 1 fully saturated rings. The van der Waals surface area contributed by atoms with Gasteiger partial charge in [-0.15, -0.1) is 0 Å². The molecule has 4 nitrogen and oxygen atoms in total. The standard InChI is InChI=1S/C26H25N3O/c30-26(24-11-10-21-6-4-5-9-23(21)18-24)28-15-12-20(13-16-28)19-29-17-14-27-25(29)22-7-2-1-3-8-22/h1-11,14,17-18,20H,12-13,15-16,19H2. The second-order valence-electron chi connectivity index (χ2n) is 8.07. The first kappa shape index (κ1) is 18.6. The lowest BCUT2D eigenvalue weighted by Gasteiger charge is -2.32. The maximum atomic E-state index is 13.0. The predicted molar refractivity (Wildman–Crippen MR) is 120 cm³/mol. The Morgan fingerprint density at radius 1 is 0.900 bits per heavy atom. The van der Waals surface area contributed by atoms with Gasteiger partial charge >= 0.3 is 0 Å². The summed E-state index contributed by atoms with van der Waals surface area (Å²) in [5.74, 6) is 1.72. The van der Waals surface area contributed by atoms with Crippen LogP contribution in [-0.2, 0) is 6.54 Å². The van der Waals surface area contributed by atoms with Crippen LogP contribution in [0.1, 0.15) is 23.2 Å². The molecule has 0 unspecified atom stereocenters. The van der Waals surface area contributed by atoms with E-state index in [4.69, 9.17) is 0 Å². The van der Waals surface area contributed by atoms with Crippen LogP contribution in [0.3, 0.4) is 0 Å². The second-order valence-corrected chi connectivity index (χ2v) is 8.07. The van der Waals surface area contributed by atoms with Gasteiger partial charge in [0.15, 0.2) is 0 Å². The van der Waals surface area contributed by atoms with Crippen molar-refractivity contribution in [3.05, 3.63) is 90.8 Å². The number of imidazole rings is 1. The lowest BCUT2D eigenvalue weighted by Crippen LogP contribution is -2.39. The minimum absolute atomic E-state index is 0.145. The molecule has 4 aromatic rings. The van der Waals surface area contributed by atoms with E-state index in [0.29, 0.717) is 5.92 Å². The third kappa shape index (κ3) is 3.73. The summed E-state index contributed by atoms with van der Waals surface area (Å²) in [7, 11) is 0. The van der Waals surface area contributed by atoms with Crippen LogP contribution in [0.2, 0.25) is 0 Å². The molecule has 0 bridgehead atoms. The number of hydrogen-bond acceptors (Lipinski definition) is 2. The van der Waals surface area contributed by atoms with Crippen molar-refractivity contribution in [3.8, 4) is 11.4 Å². The molecule has 4 heteroatoms. The number of benzene rings is 3. The smallest absolute Gasteiger partial charge is 0.253 e. The van der Waals surface area contributed by atoms with Crippen molar-refractivity contribution in [1.29, 1.82) is 0 Å². The average molecular weight is 396 g/mol. The molecule has 1 amide bonds. The average Bonchev–Trinajstić information content (AvgIpc) is 3.27. The molecule has 30 heavy (non-hydrogen) atoms. The van der Waals surface area contributed by atoms with Crippen molar-refractivity contribution in [2.24, 2.45) is 5.92 Å². The van der Waals surface area contributed by atoms with Crippen LogP contribution >= 0.6 is 0 Å². The molecular weight excluding hydrogens is 370 g/mol. The Morgan fingerprint density at radius 3 is 2.43 bits per heavy atom. The molecule has 1 saturated heterocycles. The van der Waals surface area contributed by atoms with Gasteiger partial charge in [0.05, 0.1) is 0 Å². The largest absolute Gasteiger partial charge is 0.339 e. The van der Waals surface area contributed by atoms with Crippen LogP contribution in [0.25, 0.3) is 22.2 Å². The zero-order chi connectivity index (χ0) is 20.3. The van der Waals surface area contributed by atoms with Gasteiger partial charge in [0.1, 0.15) is 5.82 Å². The van der Waals surface area contributed by atoms with Gasteiger partial charge in [-0.3, -0.25) is 4.79 Å². The van der Waals surface area contributed by atoms with Gasteiger partial charge in [-0.25, -0.2) is 4.98 Å². The summed E-state index contributed by atoms with van der Waals surface area (Å²) in [6.07, 6.45) is 5.98. The van der Waals surface area contributed by atoms with E-state index < -0.39 is 0 Å². The molecule has 0 N–H and O–H groups in total. The first-order valence-electron chi connectivity index (χ1n) is 10.6. The van der Waals surface area contributed by atoms with E-state index in [0.717, 1.165) is 54.8 Å². The summed E-state index contributed by atoms with van der Waals surface area (Å²) in [6, 6.07) is 24.5. The van der Waals surface area contributed by atoms with Crippen LogP contribution in [-0.4, -0.2) is 33.4 Å². The van der Waals surface area contributed by atoms with Crippen molar-refractivity contribution in [1.82, 2.24) is 14.5 Å². The van der Waals surface area contributed by atoms with Crippen molar-refractivity contribution in [3.63, 3.8) is 0 Å². The number of likely N-dealkylation sites (tertiary alicyclic amines) is 1. The molecule has 1 aliphatic rings. The zero-order valence-electron chi connectivity index (χ0n) is 16.9. The molecule has 2 heterocycles. The molecule has 3 aromatic carbocycles. The van der Waals surface area contributed by atoms with Crippen LogP contribution in [0.5, 0.6) is 0 Å².